The minimum atomic E-state index is -3.27. The number of hydrogen-bond donors (Lipinski definition) is 1. The molecule has 0 unspecified atom stereocenters. The molecule has 1 aliphatic carbocycles. The predicted octanol–water partition coefficient (Wildman–Crippen LogP) is 2.18. The highest BCUT2D eigenvalue weighted by molar-refractivity contribution is 7.92. The van der Waals surface area contributed by atoms with Gasteiger partial charge in [0.25, 0.3) is 0 Å². The van der Waals surface area contributed by atoms with Crippen LogP contribution in [0.2, 0.25) is 0 Å². The van der Waals surface area contributed by atoms with E-state index >= 15 is 0 Å². The summed E-state index contributed by atoms with van der Waals surface area (Å²) < 4.78 is 24.9. The van der Waals surface area contributed by atoms with E-state index in [2.05, 4.69) is 10.1 Å². The first-order valence-electron chi connectivity index (χ1n) is 9.73. The third-order valence-electron chi connectivity index (χ3n) is 5.08. The van der Waals surface area contributed by atoms with Crippen molar-refractivity contribution in [1.29, 1.82) is 0 Å². The van der Waals surface area contributed by atoms with Gasteiger partial charge in [0, 0.05) is 24.8 Å². The molecule has 1 N–H and O–H groups in total. The lowest BCUT2D eigenvalue weighted by atomic mass is 10.0. The second kappa shape index (κ2) is 8.33. The average molecular weight is 434 g/mol. The first-order chi connectivity index (χ1) is 14.0. The topological polar surface area (TPSA) is 99.9 Å². The monoisotopic (exact) mass is 433 g/mol. The molecule has 29 heavy (non-hydrogen) atoms. The van der Waals surface area contributed by atoms with Crippen molar-refractivity contribution < 1.29 is 18.3 Å². The summed E-state index contributed by atoms with van der Waals surface area (Å²) in [6.07, 6.45) is 5.18. The van der Waals surface area contributed by atoms with Gasteiger partial charge in [-0.1, -0.05) is 12.1 Å². The second-order valence-electron chi connectivity index (χ2n) is 7.36. The molecule has 2 aliphatic rings. The summed E-state index contributed by atoms with van der Waals surface area (Å²) >= 11 is 1.30. The summed E-state index contributed by atoms with van der Waals surface area (Å²) in [5.74, 6) is -0.173. The van der Waals surface area contributed by atoms with Crippen molar-refractivity contribution >= 4 is 32.7 Å². The maximum absolute atomic E-state index is 13.0. The van der Waals surface area contributed by atoms with Gasteiger partial charge in [-0.3, -0.25) is 9.80 Å². The number of hydrogen-bond acceptors (Lipinski definition) is 8. The van der Waals surface area contributed by atoms with Gasteiger partial charge in [0.05, 0.1) is 28.1 Å². The number of nitrogens with zero attached hydrogens (tertiary/aromatic N) is 3. The lowest BCUT2D eigenvalue weighted by Gasteiger charge is -2.14. The fourth-order valence-electron chi connectivity index (χ4n) is 3.31. The number of aliphatic hydroxyl groups excluding tert-OH is 1. The van der Waals surface area contributed by atoms with E-state index in [-0.39, 0.29) is 24.1 Å². The molecule has 4 rings (SSSR count). The normalized spacial score (nSPS) is 17.7. The number of benzene rings is 1. The Morgan fingerprint density at radius 1 is 1.21 bits per heavy atom. The molecule has 0 spiro atoms. The number of carbonyl (C=O) groups excluding carboxylic acids is 1. The molecule has 1 aromatic carbocycles. The number of Topliss-reactive ketones (excluding diaryl/α,β-unsaturated/α-hetero) is 1. The molecule has 154 valence electrons. The molecular weight excluding hydrogens is 410 g/mol. The Labute approximate surface area is 174 Å². The van der Waals surface area contributed by atoms with Crippen LogP contribution in [0.5, 0.6) is 0 Å². The summed E-state index contributed by atoms with van der Waals surface area (Å²) in [6.45, 7) is 1.51. The van der Waals surface area contributed by atoms with Crippen LogP contribution in [0.15, 0.2) is 40.5 Å². The molecule has 2 fully saturated rings. The fraction of sp³-hybridized carbons (Fsp3) is 0.450. The highest BCUT2D eigenvalue weighted by atomic mass is 32.2. The molecule has 1 aliphatic heterocycles. The molecule has 0 bridgehead atoms. The van der Waals surface area contributed by atoms with Crippen molar-refractivity contribution in [2.75, 3.05) is 13.1 Å². The number of hydrazone groups is 1. The Kier molecular flexibility index (Phi) is 5.80. The SMILES string of the molecule is O=C(Cc1ncc(CO)s1)/C(=N/N1CCCC1)c1ccc(S(=O)(=O)C2CC2)cc1. The van der Waals surface area contributed by atoms with E-state index in [1.165, 1.54) is 11.3 Å². The van der Waals surface area contributed by atoms with Crippen LogP contribution in [0.1, 0.15) is 41.1 Å². The van der Waals surface area contributed by atoms with Crippen LogP contribution >= 0.6 is 11.3 Å². The van der Waals surface area contributed by atoms with E-state index in [4.69, 9.17) is 0 Å². The molecule has 1 saturated heterocycles. The van der Waals surface area contributed by atoms with Crippen molar-refractivity contribution in [2.24, 2.45) is 5.10 Å². The maximum atomic E-state index is 13.0. The van der Waals surface area contributed by atoms with Crippen molar-refractivity contribution in [1.82, 2.24) is 9.99 Å². The Bertz CT molecular complexity index is 1020. The predicted molar refractivity (Wildman–Crippen MR) is 111 cm³/mol. The standard InChI is InChI=1S/C20H23N3O4S2/c24-13-15-12-21-19(28-15)11-18(25)20(22-23-9-1-2-10-23)14-3-5-16(6-4-14)29(26,27)17-7-8-17/h3-6,12,17,24H,1-2,7-11,13H2/b22-20+. The van der Waals surface area contributed by atoms with E-state index in [1.807, 2.05) is 5.01 Å². The highest BCUT2D eigenvalue weighted by Crippen LogP contribution is 2.33. The minimum absolute atomic E-state index is 0.0967. The van der Waals surface area contributed by atoms with Crippen LogP contribution in [0.25, 0.3) is 0 Å². The van der Waals surface area contributed by atoms with E-state index in [1.54, 1.807) is 30.5 Å². The Balaban J connectivity index is 1.60. The van der Waals surface area contributed by atoms with Gasteiger partial charge in [0.15, 0.2) is 15.6 Å². The number of ketones is 1. The number of carbonyl (C=O) groups is 1. The van der Waals surface area contributed by atoms with Crippen molar-refractivity contribution in [3.8, 4) is 0 Å². The van der Waals surface area contributed by atoms with Gasteiger partial charge in [-0.25, -0.2) is 13.4 Å². The van der Waals surface area contributed by atoms with Gasteiger partial charge in [-0.05, 0) is 37.8 Å². The van der Waals surface area contributed by atoms with Crippen LogP contribution in [0.4, 0.5) is 0 Å². The van der Waals surface area contributed by atoms with Crippen molar-refractivity contribution in [2.45, 2.75) is 48.9 Å². The first-order valence-corrected chi connectivity index (χ1v) is 12.1. The lowest BCUT2D eigenvalue weighted by Crippen LogP contribution is -2.23. The van der Waals surface area contributed by atoms with Gasteiger partial charge in [0.2, 0.25) is 0 Å². The summed E-state index contributed by atoms with van der Waals surface area (Å²) in [5, 5.41) is 16.0. The van der Waals surface area contributed by atoms with Crippen LogP contribution in [-0.2, 0) is 27.7 Å². The minimum Gasteiger partial charge on any atom is -0.391 e. The summed E-state index contributed by atoms with van der Waals surface area (Å²) in [7, 11) is -3.27. The quantitative estimate of drug-likeness (QED) is 0.641. The molecule has 1 saturated carbocycles. The van der Waals surface area contributed by atoms with E-state index < -0.39 is 9.84 Å². The van der Waals surface area contributed by atoms with Gasteiger partial charge in [-0.15, -0.1) is 11.3 Å². The smallest absolute Gasteiger partial charge is 0.190 e. The molecule has 1 aromatic heterocycles. The zero-order valence-corrected chi connectivity index (χ0v) is 17.6. The Hall–Kier alpha value is -2.10. The molecule has 0 amide bonds. The van der Waals surface area contributed by atoms with Gasteiger partial charge < -0.3 is 5.11 Å². The Morgan fingerprint density at radius 3 is 2.48 bits per heavy atom. The molecule has 9 heteroatoms. The third kappa shape index (κ3) is 4.57. The third-order valence-corrected chi connectivity index (χ3v) is 8.34. The van der Waals surface area contributed by atoms with Crippen molar-refractivity contribution in [3.63, 3.8) is 0 Å². The zero-order chi connectivity index (χ0) is 20.4. The zero-order valence-electron chi connectivity index (χ0n) is 16.0. The number of sulfone groups is 1. The summed E-state index contributed by atoms with van der Waals surface area (Å²) in [4.78, 5) is 18.2. The molecule has 2 heterocycles. The second-order valence-corrected chi connectivity index (χ2v) is 10.8. The highest BCUT2D eigenvalue weighted by Gasteiger charge is 2.36. The summed E-state index contributed by atoms with van der Waals surface area (Å²) in [6, 6.07) is 6.48. The fourth-order valence-corrected chi connectivity index (χ4v) is 5.75. The molecule has 0 radical (unpaired) electrons. The average Bonchev–Trinajstić information content (AvgIpc) is 3.29. The van der Waals surface area contributed by atoms with Crippen LogP contribution < -0.4 is 0 Å². The van der Waals surface area contributed by atoms with E-state index in [0.717, 1.165) is 25.9 Å². The lowest BCUT2D eigenvalue weighted by molar-refractivity contribution is -0.112. The number of aromatic nitrogens is 1. The molecule has 7 nitrogen and oxygen atoms in total. The molecular formula is C20H23N3O4S2. The first kappa shape index (κ1) is 20.2. The van der Waals surface area contributed by atoms with E-state index in [9.17, 15) is 18.3 Å². The van der Waals surface area contributed by atoms with Crippen LogP contribution in [-0.4, -0.2) is 53.4 Å². The molecule has 2 aromatic rings. The van der Waals surface area contributed by atoms with Crippen LogP contribution in [0, 0.1) is 0 Å². The summed E-state index contributed by atoms with van der Waals surface area (Å²) in [5.41, 5.74) is 0.929. The number of rotatable bonds is 8. The van der Waals surface area contributed by atoms with Crippen LogP contribution in [0.3, 0.4) is 0 Å². The number of aliphatic hydroxyl groups is 1. The molecule has 0 atom stereocenters. The largest absolute Gasteiger partial charge is 0.391 e. The Morgan fingerprint density at radius 2 is 1.90 bits per heavy atom. The van der Waals surface area contributed by atoms with Gasteiger partial charge in [0.1, 0.15) is 10.7 Å². The van der Waals surface area contributed by atoms with Gasteiger partial charge >= 0.3 is 0 Å². The van der Waals surface area contributed by atoms with Gasteiger partial charge in [-0.2, -0.15) is 5.10 Å². The number of thiazole rings is 1. The van der Waals surface area contributed by atoms with Crippen molar-refractivity contribution in [3.05, 3.63) is 45.9 Å². The van der Waals surface area contributed by atoms with E-state index in [0.29, 0.717) is 38.9 Å². The maximum Gasteiger partial charge on any atom is 0.190 e.